The van der Waals surface area contributed by atoms with E-state index in [1.54, 1.807) is 0 Å². The van der Waals surface area contributed by atoms with Gasteiger partial charge in [-0.3, -0.25) is 9.59 Å². The zero-order valence-corrected chi connectivity index (χ0v) is 14.5. The van der Waals surface area contributed by atoms with E-state index in [1.807, 2.05) is 0 Å². The van der Waals surface area contributed by atoms with Crippen LogP contribution in [0.1, 0.15) is 12.8 Å². The number of aromatic nitrogens is 1. The lowest BCUT2D eigenvalue weighted by Crippen LogP contribution is -2.36. The van der Waals surface area contributed by atoms with Crippen LogP contribution in [0.3, 0.4) is 0 Å². The second-order valence-corrected chi connectivity index (χ2v) is 6.55. The van der Waals surface area contributed by atoms with Crippen LogP contribution in [0.4, 0.5) is 39.0 Å². The lowest BCUT2D eigenvalue weighted by atomic mass is 10.0. The van der Waals surface area contributed by atoms with Gasteiger partial charge >= 0.3 is 6.18 Å². The summed E-state index contributed by atoms with van der Waals surface area (Å²) in [4.78, 5) is 26.6. The molecule has 0 spiro atoms. The molecule has 0 fully saturated rings. The number of aromatic amines is 1. The molecule has 1 aromatic heterocycles. The summed E-state index contributed by atoms with van der Waals surface area (Å²) in [6.07, 6.45) is -1.16. The smallest absolute Gasteiger partial charge is 0.359 e. The van der Waals surface area contributed by atoms with Crippen LogP contribution in [-0.2, 0) is 0 Å². The minimum Gasteiger partial charge on any atom is -0.359 e. The predicted molar refractivity (Wildman–Crippen MR) is 97.9 cm³/mol. The number of hydrogen-bond donors (Lipinski definition) is 3. The molecule has 10 heteroatoms. The van der Waals surface area contributed by atoms with Crippen molar-refractivity contribution in [3.8, 4) is 0 Å². The molecule has 150 valence electrons. The maximum absolute atomic E-state index is 13.5. The van der Waals surface area contributed by atoms with Gasteiger partial charge in [0, 0.05) is 28.9 Å². The molecule has 0 saturated carbocycles. The van der Waals surface area contributed by atoms with Gasteiger partial charge in [-0.1, -0.05) is 6.08 Å². The fourth-order valence-corrected chi connectivity index (χ4v) is 3.12. The van der Waals surface area contributed by atoms with Gasteiger partial charge in [0.1, 0.15) is 11.4 Å². The molecule has 1 aliphatic rings. The van der Waals surface area contributed by atoms with E-state index in [1.165, 1.54) is 12.3 Å². The predicted octanol–water partition coefficient (Wildman–Crippen LogP) is 4.36. The van der Waals surface area contributed by atoms with Crippen LogP contribution in [-0.4, -0.2) is 11.2 Å². The Hall–Kier alpha value is -3.43. The third kappa shape index (κ3) is 3.30. The van der Waals surface area contributed by atoms with Crippen LogP contribution in [0.5, 0.6) is 0 Å². The standard InChI is InChI=1S/C19H12F5N3O2/c20-11-5-10-13(6-12(11)21)25-7-14(10)27-16-15(17(28)18(16)29)26-9-3-1-8(2-4-9)19(22,23)24/h1,3,5-7,25-27H,2,4H2. The average Bonchev–Trinajstić information content (AvgIpc) is 3.05. The Kier molecular flexibility index (Phi) is 4.29. The fourth-order valence-electron chi connectivity index (χ4n) is 3.12. The minimum absolute atomic E-state index is 0.0150. The number of alkyl halides is 3. The second-order valence-electron chi connectivity index (χ2n) is 6.55. The summed E-state index contributed by atoms with van der Waals surface area (Å²) in [6, 6.07) is 1.89. The first kappa shape index (κ1) is 18.9. The molecule has 4 rings (SSSR count). The van der Waals surface area contributed by atoms with Crippen molar-refractivity contribution in [3.63, 3.8) is 0 Å². The molecular weight excluding hydrogens is 397 g/mol. The third-order valence-electron chi connectivity index (χ3n) is 4.69. The average molecular weight is 409 g/mol. The van der Waals surface area contributed by atoms with E-state index < -0.39 is 34.2 Å². The normalized spacial score (nSPS) is 14.8. The van der Waals surface area contributed by atoms with Crippen molar-refractivity contribution in [2.24, 2.45) is 0 Å². The molecule has 0 atom stereocenters. The fraction of sp³-hybridized carbons (Fsp3) is 0.158. The molecule has 0 bridgehead atoms. The zero-order valence-electron chi connectivity index (χ0n) is 14.5. The molecule has 2 aromatic carbocycles. The first-order valence-electron chi connectivity index (χ1n) is 8.45. The van der Waals surface area contributed by atoms with Gasteiger partial charge in [-0.2, -0.15) is 13.2 Å². The summed E-state index contributed by atoms with van der Waals surface area (Å²) in [5.41, 5.74) is -1.66. The maximum atomic E-state index is 13.5. The quantitative estimate of drug-likeness (QED) is 0.442. The number of fused-ring (bicyclic) bond motifs is 1. The molecule has 29 heavy (non-hydrogen) atoms. The molecule has 3 N–H and O–H groups in total. The van der Waals surface area contributed by atoms with Crippen molar-refractivity contribution in [1.82, 2.24) is 4.98 Å². The van der Waals surface area contributed by atoms with Crippen molar-refractivity contribution in [2.75, 3.05) is 10.6 Å². The Morgan fingerprint density at radius 3 is 2.17 bits per heavy atom. The number of anilines is 3. The second kappa shape index (κ2) is 6.57. The molecule has 0 unspecified atom stereocenters. The highest BCUT2D eigenvalue weighted by molar-refractivity contribution is 5.96. The van der Waals surface area contributed by atoms with Crippen LogP contribution in [0.15, 0.2) is 51.3 Å². The first-order chi connectivity index (χ1) is 13.6. The van der Waals surface area contributed by atoms with Crippen molar-refractivity contribution < 1.29 is 22.0 Å². The van der Waals surface area contributed by atoms with E-state index >= 15 is 0 Å². The first-order valence-corrected chi connectivity index (χ1v) is 8.45. The Morgan fingerprint density at radius 2 is 1.55 bits per heavy atom. The molecule has 1 aliphatic carbocycles. The molecule has 3 aromatic rings. The Bertz CT molecular complexity index is 1260. The third-order valence-corrected chi connectivity index (χ3v) is 4.69. The monoisotopic (exact) mass is 409 g/mol. The Balaban J connectivity index is 1.61. The molecule has 0 amide bonds. The highest BCUT2D eigenvalue weighted by atomic mass is 19.4. The van der Waals surface area contributed by atoms with Gasteiger partial charge in [0.15, 0.2) is 11.6 Å². The van der Waals surface area contributed by atoms with E-state index in [9.17, 15) is 31.5 Å². The number of H-pyrrole nitrogens is 1. The van der Waals surface area contributed by atoms with E-state index in [4.69, 9.17) is 0 Å². The zero-order chi connectivity index (χ0) is 20.9. The number of nitrogens with one attached hydrogen (secondary N) is 3. The SMILES string of the molecule is O=c1c(NC2=CC=C(C(F)(F)F)CC2)c(Nc2c[nH]c3cc(F)c(F)cc23)c1=O. The lowest BCUT2D eigenvalue weighted by molar-refractivity contribution is -0.0941. The van der Waals surface area contributed by atoms with Crippen LogP contribution in [0.25, 0.3) is 10.9 Å². The van der Waals surface area contributed by atoms with Gasteiger partial charge in [0.05, 0.1) is 11.2 Å². The topological polar surface area (TPSA) is 74.0 Å². The number of hydrogen-bond acceptors (Lipinski definition) is 4. The summed E-state index contributed by atoms with van der Waals surface area (Å²) in [5.74, 6) is -2.12. The summed E-state index contributed by atoms with van der Waals surface area (Å²) < 4.78 is 64.9. The van der Waals surface area contributed by atoms with Crippen LogP contribution in [0.2, 0.25) is 0 Å². The molecule has 0 saturated heterocycles. The van der Waals surface area contributed by atoms with Crippen LogP contribution >= 0.6 is 0 Å². The van der Waals surface area contributed by atoms with Crippen LogP contribution in [0, 0.1) is 11.6 Å². The summed E-state index contributed by atoms with van der Waals surface area (Å²) >= 11 is 0. The maximum Gasteiger partial charge on any atom is 0.412 e. The van der Waals surface area contributed by atoms with Gasteiger partial charge < -0.3 is 15.6 Å². The van der Waals surface area contributed by atoms with Gasteiger partial charge in [-0.25, -0.2) is 8.78 Å². The molecule has 1 heterocycles. The molecular formula is C19H12F5N3O2. The highest BCUT2D eigenvalue weighted by Crippen LogP contribution is 2.34. The van der Waals surface area contributed by atoms with E-state index in [-0.39, 0.29) is 40.8 Å². The molecule has 5 nitrogen and oxygen atoms in total. The number of halogens is 5. The number of allylic oxidation sites excluding steroid dienone is 4. The Morgan fingerprint density at radius 1 is 0.897 bits per heavy atom. The van der Waals surface area contributed by atoms with Gasteiger partial charge in [-0.05, 0) is 25.0 Å². The van der Waals surface area contributed by atoms with Crippen molar-refractivity contribution in [1.29, 1.82) is 0 Å². The summed E-state index contributed by atoms with van der Waals surface area (Å²) in [5, 5.41) is 5.66. The van der Waals surface area contributed by atoms with Crippen molar-refractivity contribution in [3.05, 3.63) is 73.8 Å². The highest BCUT2D eigenvalue weighted by Gasteiger charge is 2.34. The summed E-state index contributed by atoms with van der Waals surface area (Å²) in [7, 11) is 0. The number of benzene rings is 1. The Labute approximate surface area is 159 Å². The van der Waals surface area contributed by atoms with Gasteiger partial charge in [-0.15, -0.1) is 0 Å². The molecule has 0 radical (unpaired) electrons. The van der Waals surface area contributed by atoms with E-state index in [0.717, 1.165) is 18.2 Å². The van der Waals surface area contributed by atoms with E-state index in [0.29, 0.717) is 5.70 Å². The number of rotatable bonds is 4. The minimum atomic E-state index is -4.42. The largest absolute Gasteiger partial charge is 0.412 e. The van der Waals surface area contributed by atoms with Gasteiger partial charge in [0.2, 0.25) is 0 Å². The van der Waals surface area contributed by atoms with E-state index in [2.05, 4.69) is 15.6 Å². The van der Waals surface area contributed by atoms with Crippen molar-refractivity contribution in [2.45, 2.75) is 19.0 Å². The van der Waals surface area contributed by atoms with Gasteiger partial charge in [0.25, 0.3) is 10.9 Å². The van der Waals surface area contributed by atoms with Crippen molar-refractivity contribution >= 4 is 28.0 Å². The lowest BCUT2D eigenvalue weighted by Gasteiger charge is -2.20. The molecule has 0 aliphatic heterocycles. The van der Waals surface area contributed by atoms with Crippen LogP contribution < -0.4 is 21.5 Å². The summed E-state index contributed by atoms with van der Waals surface area (Å²) in [6.45, 7) is 0.